The summed E-state index contributed by atoms with van der Waals surface area (Å²) in [6, 6.07) is 13.6. The quantitative estimate of drug-likeness (QED) is 0.412. The van der Waals surface area contributed by atoms with Gasteiger partial charge >= 0.3 is 6.18 Å². The maximum atomic E-state index is 14.8. The number of alkyl halides is 3. The zero-order valence-electron chi connectivity index (χ0n) is 24.4. The van der Waals surface area contributed by atoms with Crippen molar-refractivity contribution in [1.29, 1.82) is 0 Å². The molecule has 224 valence electrons. The monoisotopic (exact) mass is 578 g/mol. The van der Waals surface area contributed by atoms with E-state index in [1.54, 1.807) is 4.90 Å². The van der Waals surface area contributed by atoms with E-state index in [2.05, 4.69) is 29.6 Å². The molecule has 8 rings (SSSR count). The summed E-state index contributed by atoms with van der Waals surface area (Å²) < 4.78 is 39.8. The molecule has 2 aromatic carbocycles. The molecule has 5 saturated carbocycles. The average Bonchev–Trinajstić information content (AvgIpc) is 2.93. The summed E-state index contributed by atoms with van der Waals surface area (Å²) in [7, 11) is 0. The van der Waals surface area contributed by atoms with Crippen LogP contribution in [-0.2, 0) is 35.2 Å². The summed E-state index contributed by atoms with van der Waals surface area (Å²) >= 11 is 0. The maximum absolute atomic E-state index is 14.8. The fraction of sp³-hybridized carbons (Fsp3) is 0.600. The van der Waals surface area contributed by atoms with Crippen LogP contribution >= 0.6 is 0 Å². The van der Waals surface area contributed by atoms with Gasteiger partial charge in [0, 0.05) is 19.0 Å². The zero-order valence-corrected chi connectivity index (χ0v) is 24.4. The summed E-state index contributed by atoms with van der Waals surface area (Å²) in [5.74, 6) is 2.51. The van der Waals surface area contributed by atoms with Crippen molar-refractivity contribution in [3.8, 4) is 0 Å². The van der Waals surface area contributed by atoms with E-state index in [0.29, 0.717) is 42.1 Å². The van der Waals surface area contributed by atoms with Crippen LogP contribution in [0.15, 0.2) is 48.5 Å². The molecule has 6 aliphatic rings. The van der Waals surface area contributed by atoms with Gasteiger partial charge in [-0.3, -0.25) is 9.59 Å². The van der Waals surface area contributed by atoms with Gasteiger partial charge in [-0.05, 0) is 129 Å². The molecule has 1 unspecified atom stereocenters. The van der Waals surface area contributed by atoms with Crippen molar-refractivity contribution in [3.05, 3.63) is 70.8 Å². The number of halogens is 3. The summed E-state index contributed by atoms with van der Waals surface area (Å²) in [5, 5.41) is 3.62. The third kappa shape index (κ3) is 4.94. The fourth-order valence-corrected chi connectivity index (χ4v) is 10.1. The van der Waals surface area contributed by atoms with Crippen LogP contribution in [0.25, 0.3) is 0 Å². The van der Waals surface area contributed by atoms with Gasteiger partial charge in [0.2, 0.25) is 11.8 Å². The molecule has 3 atom stereocenters. The van der Waals surface area contributed by atoms with Crippen molar-refractivity contribution in [2.45, 2.75) is 101 Å². The topological polar surface area (TPSA) is 49.4 Å². The summed E-state index contributed by atoms with van der Waals surface area (Å²) in [5.41, 5.74) is 1.40. The van der Waals surface area contributed by atoms with Crippen molar-refractivity contribution < 1.29 is 22.8 Å². The Labute approximate surface area is 246 Å². The molecule has 0 saturated heterocycles. The summed E-state index contributed by atoms with van der Waals surface area (Å²) in [6.07, 6.45) is 6.38. The molecule has 0 aliphatic heterocycles. The van der Waals surface area contributed by atoms with Crippen LogP contribution in [0.3, 0.4) is 0 Å². The Bertz CT molecular complexity index is 1330. The first-order valence-corrected chi connectivity index (χ1v) is 15.9. The second-order valence-electron chi connectivity index (χ2n) is 14.4. The first-order valence-electron chi connectivity index (χ1n) is 15.9. The zero-order chi connectivity index (χ0) is 29.3. The molecule has 2 aromatic rings. The minimum atomic E-state index is -4.42. The van der Waals surface area contributed by atoms with Gasteiger partial charge < -0.3 is 10.2 Å². The minimum absolute atomic E-state index is 0.0381. The highest BCUT2D eigenvalue weighted by molar-refractivity contribution is 5.91. The number of nitrogens with zero attached hydrogens (tertiary/aromatic N) is 1. The molecular formula is C35H41F3N2O2. The van der Waals surface area contributed by atoms with Crippen molar-refractivity contribution >= 4 is 11.8 Å². The Morgan fingerprint density at radius 1 is 0.857 bits per heavy atom. The first kappa shape index (κ1) is 28.0. The van der Waals surface area contributed by atoms with E-state index in [1.807, 2.05) is 0 Å². The Morgan fingerprint density at radius 3 is 1.98 bits per heavy atom. The highest BCUT2D eigenvalue weighted by Gasteiger charge is 2.56. The second-order valence-corrected chi connectivity index (χ2v) is 14.4. The Balaban J connectivity index is 1.22. The third-order valence-electron chi connectivity index (χ3n) is 11.6. The number of amides is 2. The van der Waals surface area contributed by atoms with Crippen LogP contribution in [-0.4, -0.2) is 27.8 Å². The lowest BCUT2D eigenvalue weighted by Crippen LogP contribution is -2.68. The fourth-order valence-electron chi connectivity index (χ4n) is 10.1. The number of nitrogens with one attached hydrogen (secondary N) is 1. The van der Waals surface area contributed by atoms with Crippen LogP contribution in [0.1, 0.15) is 87.0 Å². The molecule has 0 heterocycles. The molecule has 5 fully saturated rings. The molecule has 7 heteroatoms. The van der Waals surface area contributed by atoms with E-state index in [-0.39, 0.29) is 29.8 Å². The smallest absolute Gasteiger partial charge is 0.349 e. The summed E-state index contributed by atoms with van der Waals surface area (Å²) in [4.78, 5) is 30.0. The van der Waals surface area contributed by atoms with Crippen molar-refractivity contribution in [1.82, 2.24) is 10.2 Å². The van der Waals surface area contributed by atoms with Gasteiger partial charge in [-0.15, -0.1) is 0 Å². The van der Waals surface area contributed by atoms with Crippen molar-refractivity contribution in [2.24, 2.45) is 29.6 Å². The van der Waals surface area contributed by atoms with Gasteiger partial charge in [-0.2, -0.15) is 13.2 Å². The van der Waals surface area contributed by atoms with Crippen LogP contribution in [0.2, 0.25) is 0 Å². The maximum Gasteiger partial charge on any atom is 0.416 e. The molecule has 6 aliphatic carbocycles. The summed E-state index contributed by atoms with van der Waals surface area (Å²) in [6.45, 7) is 1.63. The normalized spacial score (nSPS) is 34.8. The molecule has 0 radical (unpaired) electrons. The number of hydrogen-bond acceptors (Lipinski definition) is 2. The number of benzene rings is 2. The SMILES string of the molecule is CC(=O)N(Cc1ccc(C(F)(F)F)cc1)C1(C(=O)NC23CC4CC(CC(C4)C2)C3)CC[C@@H]2Cc3ccccc3C[C@H]2C1. The first-order chi connectivity index (χ1) is 20.0. The van der Waals surface area contributed by atoms with E-state index >= 15 is 0 Å². The number of rotatable bonds is 5. The lowest BCUT2D eigenvalue weighted by molar-refractivity contribution is -0.156. The molecule has 4 bridgehead atoms. The third-order valence-corrected chi connectivity index (χ3v) is 11.6. The van der Waals surface area contributed by atoms with Gasteiger partial charge in [-0.1, -0.05) is 36.4 Å². The predicted octanol–water partition coefficient (Wildman–Crippen LogP) is 7.09. The Kier molecular flexibility index (Phi) is 6.74. The standard InChI is InChI=1S/C35H41F3N2O2/c1-22(41)40(21-23-6-8-31(9-7-23)35(36,37)38)34(11-10-29-15-27-4-2-3-5-28(27)16-30(29)20-34)32(42)39-33-17-24-12-25(18-33)14-26(13-24)19-33/h2-9,24-26,29-30H,10-21H2,1H3,(H,39,42)/t24?,25?,26?,29-,30+,33?,34?/m1/s1. The van der Waals surface area contributed by atoms with Gasteiger partial charge in [-0.25, -0.2) is 0 Å². The number of hydrogen-bond donors (Lipinski definition) is 1. The van der Waals surface area contributed by atoms with Gasteiger partial charge in [0.15, 0.2) is 0 Å². The van der Waals surface area contributed by atoms with E-state index < -0.39 is 17.3 Å². The van der Waals surface area contributed by atoms with E-state index in [9.17, 15) is 22.8 Å². The molecule has 1 N–H and O–H groups in total. The lowest BCUT2D eigenvalue weighted by Gasteiger charge is -2.58. The predicted molar refractivity (Wildman–Crippen MR) is 154 cm³/mol. The lowest BCUT2D eigenvalue weighted by atomic mass is 9.52. The van der Waals surface area contributed by atoms with E-state index in [4.69, 9.17) is 0 Å². The molecular weight excluding hydrogens is 537 g/mol. The van der Waals surface area contributed by atoms with Gasteiger partial charge in [0.05, 0.1) is 5.56 Å². The number of fused-ring (bicyclic) bond motifs is 2. The largest absolute Gasteiger partial charge is 0.416 e. The number of carbonyl (C=O) groups excluding carboxylic acids is 2. The van der Waals surface area contributed by atoms with Crippen molar-refractivity contribution in [3.63, 3.8) is 0 Å². The number of carbonyl (C=O) groups is 2. The molecule has 0 spiro atoms. The van der Waals surface area contributed by atoms with Crippen LogP contribution in [0.5, 0.6) is 0 Å². The van der Waals surface area contributed by atoms with Gasteiger partial charge in [0.25, 0.3) is 0 Å². The molecule has 42 heavy (non-hydrogen) atoms. The minimum Gasteiger partial charge on any atom is -0.349 e. The van der Waals surface area contributed by atoms with Crippen LogP contribution in [0, 0.1) is 29.6 Å². The molecule has 2 amide bonds. The molecule has 0 aromatic heterocycles. The van der Waals surface area contributed by atoms with E-state index in [0.717, 1.165) is 50.7 Å². The average molecular weight is 579 g/mol. The Morgan fingerprint density at radius 2 is 1.43 bits per heavy atom. The molecule has 4 nitrogen and oxygen atoms in total. The second kappa shape index (κ2) is 10.1. The van der Waals surface area contributed by atoms with E-state index in [1.165, 1.54) is 49.4 Å². The Hall–Kier alpha value is -2.83. The van der Waals surface area contributed by atoms with Crippen molar-refractivity contribution in [2.75, 3.05) is 0 Å². The van der Waals surface area contributed by atoms with Crippen LogP contribution in [0.4, 0.5) is 13.2 Å². The van der Waals surface area contributed by atoms with Gasteiger partial charge in [0.1, 0.15) is 5.54 Å². The highest BCUT2D eigenvalue weighted by atomic mass is 19.4. The highest BCUT2D eigenvalue weighted by Crippen LogP contribution is 2.56. The van der Waals surface area contributed by atoms with Crippen LogP contribution < -0.4 is 5.32 Å².